The van der Waals surface area contributed by atoms with Crippen molar-refractivity contribution >= 4 is 27.5 Å². The summed E-state index contributed by atoms with van der Waals surface area (Å²) in [4.78, 5) is 2.36. The highest BCUT2D eigenvalue weighted by Gasteiger charge is 2.26. The Morgan fingerprint density at radius 1 is 1.47 bits per heavy atom. The summed E-state index contributed by atoms with van der Waals surface area (Å²) >= 11 is 9.71. The predicted molar refractivity (Wildman–Crippen MR) is 82.6 cm³/mol. The molecule has 5 heteroatoms. The number of hydrogen-bond acceptors (Lipinski definition) is 3. The van der Waals surface area contributed by atoms with Crippen LogP contribution in [0, 0.1) is 0 Å². The van der Waals surface area contributed by atoms with Crippen LogP contribution in [-0.4, -0.2) is 37.7 Å². The third-order valence-electron chi connectivity index (χ3n) is 3.80. The average molecular weight is 348 g/mol. The lowest BCUT2D eigenvalue weighted by atomic mass is 10.0. The molecule has 19 heavy (non-hydrogen) atoms. The van der Waals surface area contributed by atoms with Crippen molar-refractivity contribution in [3.05, 3.63) is 33.3 Å². The van der Waals surface area contributed by atoms with Gasteiger partial charge < -0.3 is 10.5 Å². The van der Waals surface area contributed by atoms with Gasteiger partial charge in [0.25, 0.3) is 0 Å². The van der Waals surface area contributed by atoms with E-state index in [1.165, 1.54) is 0 Å². The fourth-order valence-corrected chi connectivity index (χ4v) is 3.32. The molecule has 0 bridgehead atoms. The smallest absolute Gasteiger partial charge is 0.0482 e. The van der Waals surface area contributed by atoms with Crippen LogP contribution in [0.3, 0.4) is 0 Å². The highest BCUT2D eigenvalue weighted by molar-refractivity contribution is 9.10. The van der Waals surface area contributed by atoms with Crippen molar-refractivity contribution in [2.75, 3.05) is 26.8 Å². The molecule has 0 aromatic heterocycles. The molecule has 0 spiro atoms. The molecule has 2 rings (SSSR count). The number of nitrogens with zero attached hydrogens (tertiary/aromatic N) is 1. The second-order valence-corrected chi connectivity index (χ2v) is 6.22. The lowest BCUT2D eigenvalue weighted by Gasteiger charge is -2.37. The summed E-state index contributed by atoms with van der Waals surface area (Å²) in [6.07, 6.45) is 2.12. The minimum Gasteiger partial charge on any atom is -0.381 e. The van der Waals surface area contributed by atoms with E-state index in [-0.39, 0.29) is 6.04 Å². The van der Waals surface area contributed by atoms with Crippen LogP contribution in [0.2, 0.25) is 5.02 Å². The molecule has 1 aromatic rings. The van der Waals surface area contributed by atoms with E-state index < -0.39 is 0 Å². The van der Waals surface area contributed by atoms with Crippen molar-refractivity contribution in [3.8, 4) is 0 Å². The van der Waals surface area contributed by atoms with Crippen molar-refractivity contribution in [2.45, 2.75) is 24.9 Å². The van der Waals surface area contributed by atoms with E-state index in [0.717, 1.165) is 41.1 Å². The monoisotopic (exact) mass is 346 g/mol. The largest absolute Gasteiger partial charge is 0.381 e. The standard InChI is InChI=1S/C14H20BrClN2O/c1-18(11-4-6-19-7-5-11)14(9-17)12-8-10(16)2-3-13(12)15/h2-3,8,11,14H,4-7,9,17H2,1H3. The first-order valence-corrected chi connectivity index (χ1v) is 7.75. The molecule has 1 aliphatic rings. The SMILES string of the molecule is CN(C1CCOCC1)C(CN)c1cc(Cl)ccc1Br. The fourth-order valence-electron chi connectivity index (χ4n) is 2.63. The lowest BCUT2D eigenvalue weighted by Crippen LogP contribution is -2.41. The Hall–Kier alpha value is -0.130. The highest BCUT2D eigenvalue weighted by Crippen LogP contribution is 2.31. The maximum atomic E-state index is 6.11. The number of nitrogens with two attached hydrogens (primary N) is 1. The Bertz CT molecular complexity index is 424. The summed E-state index contributed by atoms with van der Waals surface area (Å²) < 4.78 is 6.48. The zero-order valence-electron chi connectivity index (χ0n) is 11.1. The van der Waals surface area contributed by atoms with Crippen molar-refractivity contribution in [1.82, 2.24) is 4.90 Å². The number of halogens is 2. The Morgan fingerprint density at radius 2 is 2.16 bits per heavy atom. The average Bonchev–Trinajstić information content (AvgIpc) is 2.44. The minimum atomic E-state index is 0.177. The van der Waals surface area contributed by atoms with Gasteiger partial charge in [0.1, 0.15) is 0 Å². The number of hydrogen-bond donors (Lipinski definition) is 1. The number of likely N-dealkylation sites (N-methyl/N-ethyl adjacent to an activating group) is 1. The van der Waals surface area contributed by atoms with Gasteiger partial charge in [-0.2, -0.15) is 0 Å². The summed E-state index contributed by atoms with van der Waals surface area (Å²) in [6, 6.07) is 6.57. The fraction of sp³-hybridized carbons (Fsp3) is 0.571. The molecule has 0 aliphatic carbocycles. The summed E-state index contributed by atoms with van der Waals surface area (Å²) in [6.45, 7) is 2.25. The van der Waals surface area contributed by atoms with E-state index in [4.69, 9.17) is 22.1 Å². The first-order chi connectivity index (χ1) is 9.13. The third kappa shape index (κ3) is 3.70. The molecule has 1 unspecified atom stereocenters. The summed E-state index contributed by atoms with van der Waals surface area (Å²) in [7, 11) is 2.14. The van der Waals surface area contributed by atoms with Gasteiger partial charge in [-0.15, -0.1) is 0 Å². The molecule has 1 saturated heterocycles. The van der Waals surface area contributed by atoms with Gasteiger partial charge in [-0.05, 0) is 43.7 Å². The minimum absolute atomic E-state index is 0.177. The quantitative estimate of drug-likeness (QED) is 0.909. The van der Waals surface area contributed by atoms with Gasteiger partial charge in [-0.25, -0.2) is 0 Å². The molecule has 0 saturated carbocycles. The first kappa shape index (κ1) is 15.3. The molecule has 1 heterocycles. The summed E-state index contributed by atoms with van der Waals surface area (Å²) in [5, 5.41) is 0.747. The highest BCUT2D eigenvalue weighted by atomic mass is 79.9. The molecule has 1 fully saturated rings. The summed E-state index contributed by atoms with van der Waals surface area (Å²) in [5.74, 6) is 0. The molecule has 0 radical (unpaired) electrons. The van der Waals surface area contributed by atoms with Gasteiger partial charge >= 0.3 is 0 Å². The molecular formula is C14H20BrClN2O. The van der Waals surface area contributed by atoms with Crippen LogP contribution in [0.5, 0.6) is 0 Å². The maximum absolute atomic E-state index is 6.11. The Balaban J connectivity index is 2.20. The Morgan fingerprint density at radius 3 is 2.79 bits per heavy atom. The van der Waals surface area contributed by atoms with Gasteiger partial charge in [-0.1, -0.05) is 27.5 Å². The number of ether oxygens (including phenoxy) is 1. The summed E-state index contributed by atoms with van der Waals surface area (Å²) in [5.41, 5.74) is 7.15. The normalized spacial score (nSPS) is 18.8. The molecule has 2 N–H and O–H groups in total. The van der Waals surface area contributed by atoms with Crippen LogP contribution < -0.4 is 5.73 Å². The number of rotatable bonds is 4. The third-order valence-corrected chi connectivity index (χ3v) is 4.76. The molecule has 106 valence electrons. The van der Waals surface area contributed by atoms with E-state index in [0.29, 0.717) is 12.6 Å². The Labute approximate surface area is 128 Å². The zero-order chi connectivity index (χ0) is 13.8. The maximum Gasteiger partial charge on any atom is 0.0482 e. The van der Waals surface area contributed by atoms with Crippen molar-refractivity contribution in [3.63, 3.8) is 0 Å². The van der Waals surface area contributed by atoms with Crippen molar-refractivity contribution < 1.29 is 4.74 Å². The molecule has 1 atom stereocenters. The molecule has 3 nitrogen and oxygen atoms in total. The van der Waals surface area contributed by atoms with Crippen LogP contribution in [0.15, 0.2) is 22.7 Å². The zero-order valence-corrected chi connectivity index (χ0v) is 13.5. The van der Waals surface area contributed by atoms with E-state index >= 15 is 0 Å². The van der Waals surface area contributed by atoms with Crippen LogP contribution in [-0.2, 0) is 4.74 Å². The topological polar surface area (TPSA) is 38.5 Å². The molecule has 1 aliphatic heterocycles. The van der Waals surface area contributed by atoms with Crippen LogP contribution in [0.25, 0.3) is 0 Å². The predicted octanol–water partition coefficient (Wildman–Crippen LogP) is 3.21. The van der Waals surface area contributed by atoms with Gasteiger partial charge in [0.15, 0.2) is 0 Å². The van der Waals surface area contributed by atoms with Gasteiger partial charge in [-0.3, -0.25) is 4.90 Å². The van der Waals surface area contributed by atoms with Crippen LogP contribution in [0.4, 0.5) is 0 Å². The van der Waals surface area contributed by atoms with Crippen LogP contribution >= 0.6 is 27.5 Å². The Kier molecular flexibility index (Phi) is 5.66. The lowest BCUT2D eigenvalue weighted by molar-refractivity contribution is 0.0293. The number of benzene rings is 1. The van der Waals surface area contributed by atoms with Gasteiger partial charge in [0.2, 0.25) is 0 Å². The van der Waals surface area contributed by atoms with E-state index in [1.807, 2.05) is 18.2 Å². The van der Waals surface area contributed by atoms with Gasteiger partial charge in [0.05, 0.1) is 0 Å². The van der Waals surface area contributed by atoms with Gasteiger partial charge in [0, 0.05) is 41.3 Å². The van der Waals surface area contributed by atoms with E-state index in [1.54, 1.807) is 0 Å². The van der Waals surface area contributed by atoms with E-state index in [2.05, 4.69) is 27.9 Å². The molecular weight excluding hydrogens is 328 g/mol. The van der Waals surface area contributed by atoms with Crippen molar-refractivity contribution in [1.29, 1.82) is 0 Å². The molecule has 1 aromatic carbocycles. The van der Waals surface area contributed by atoms with E-state index in [9.17, 15) is 0 Å². The molecule has 0 amide bonds. The van der Waals surface area contributed by atoms with Crippen molar-refractivity contribution in [2.24, 2.45) is 5.73 Å². The second-order valence-electron chi connectivity index (χ2n) is 4.93. The first-order valence-electron chi connectivity index (χ1n) is 6.58. The second kappa shape index (κ2) is 7.04. The van der Waals surface area contributed by atoms with Crippen LogP contribution in [0.1, 0.15) is 24.4 Å².